The summed E-state index contributed by atoms with van der Waals surface area (Å²) in [7, 11) is 0. The first-order chi connectivity index (χ1) is 38.2. The van der Waals surface area contributed by atoms with Gasteiger partial charge in [-0.3, -0.25) is 9.59 Å². The molecule has 0 aliphatic heterocycles. The number of ether oxygens (including phenoxy) is 2. The summed E-state index contributed by atoms with van der Waals surface area (Å²) in [6, 6.07) is 0. The van der Waals surface area contributed by atoms with Crippen molar-refractivity contribution < 1.29 is 58.3 Å². The minimum atomic E-state index is -0.990. The molecular weight excluding hydrogens is 1030 g/mol. The molecule has 8 nitrogen and oxygen atoms in total. The van der Waals surface area contributed by atoms with Crippen molar-refractivity contribution in [2.45, 2.75) is 425 Å². The van der Waals surface area contributed by atoms with E-state index in [1.54, 1.807) is 0 Å². The Balaban J connectivity index is -0.00000144. The normalized spacial score (nSPS) is 11.9. The molecule has 0 N–H and O–H groups in total. The van der Waals surface area contributed by atoms with E-state index in [-0.39, 0.29) is 56.5 Å². The van der Waals surface area contributed by atoms with Crippen LogP contribution in [0.5, 0.6) is 0 Å². The average molecular weight is 1170 g/mol. The predicted octanol–water partition coefficient (Wildman–Crippen LogP) is 20.8. The summed E-state index contributed by atoms with van der Waals surface area (Å²) in [6.07, 6.45) is 69.9. The van der Waals surface area contributed by atoms with Crippen LogP contribution in [0.15, 0.2) is 0 Å². The maximum atomic E-state index is 12.5. The molecule has 0 aromatic rings. The molecule has 2 unspecified atom stereocenters. The van der Waals surface area contributed by atoms with Crippen LogP contribution in [0.2, 0.25) is 0 Å². The van der Waals surface area contributed by atoms with Gasteiger partial charge in [0, 0.05) is 24.8 Å². The van der Waals surface area contributed by atoms with Crippen LogP contribution in [0.1, 0.15) is 413 Å². The van der Waals surface area contributed by atoms with E-state index in [0.717, 1.165) is 77.0 Å². The second-order valence-electron chi connectivity index (χ2n) is 24.1. The molecule has 9 heteroatoms. The third kappa shape index (κ3) is 72.6. The Kier molecular flexibility index (Phi) is 73.2. The molecule has 0 rings (SSSR count). The SMILES string of the molecule is CCCCCCCCCCCCCCCCC(=O)OC(CCCCCCCCCCCC)CCCCC(=O)[O-].CCCCCCCCCCCCCCCCC(=O)OC(CCCCCCCCCCCC)CCCCC(=O)[O-].[Zn+2]. The molecule has 0 aromatic heterocycles. The summed E-state index contributed by atoms with van der Waals surface area (Å²) < 4.78 is 11.7. The molecule has 0 aliphatic rings. The van der Waals surface area contributed by atoms with Gasteiger partial charge in [-0.15, -0.1) is 0 Å². The first-order valence-electron chi connectivity index (χ1n) is 35.0. The Morgan fingerprint density at radius 2 is 0.392 bits per heavy atom. The van der Waals surface area contributed by atoms with Crippen molar-refractivity contribution in [3.05, 3.63) is 0 Å². The van der Waals surface area contributed by atoms with Gasteiger partial charge >= 0.3 is 31.4 Å². The number of hydrogen-bond donors (Lipinski definition) is 0. The topological polar surface area (TPSA) is 133 Å². The van der Waals surface area contributed by atoms with E-state index in [0.29, 0.717) is 25.7 Å². The fraction of sp³-hybridized carbons (Fsp3) is 0.943. The van der Waals surface area contributed by atoms with E-state index < -0.39 is 11.9 Å². The molecule has 0 saturated carbocycles. The minimum Gasteiger partial charge on any atom is -0.550 e. The van der Waals surface area contributed by atoms with Crippen molar-refractivity contribution in [3.63, 3.8) is 0 Å². The molecule has 0 radical (unpaired) electrons. The van der Waals surface area contributed by atoms with Gasteiger partial charge < -0.3 is 29.3 Å². The summed E-state index contributed by atoms with van der Waals surface area (Å²) in [5, 5.41) is 21.4. The number of carboxylic acids is 2. The minimum absolute atomic E-state index is 0. The Labute approximate surface area is 504 Å². The first kappa shape index (κ1) is 81.7. The second-order valence-corrected chi connectivity index (χ2v) is 24.1. The van der Waals surface area contributed by atoms with Crippen molar-refractivity contribution in [1.29, 1.82) is 0 Å². The summed E-state index contributed by atoms with van der Waals surface area (Å²) in [4.78, 5) is 46.4. The molecule has 0 heterocycles. The summed E-state index contributed by atoms with van der Waals surface area (Å²) in [6.45, 7) is 9.06. The van der Waals surface area contributed by atoms with Crippen LogP contribution >= 0.6 is 0 Å². The second kappa shape index (κ2) is 70.8. The van der Waals surface area contributed by atoms with E-state index in [2.05, 4.69) is 27.7 Å². The van der Waals surface area contributed by atoms with Gasteiger partial charge in [-0.05, 0) is 89.9 Å². The molecular formula is C70H134O8Zn. The van der Waals surface area contributed by atoms with Gasteiger partial charge in [0.05, 0.1) is 0 Å². The van der Waals surface area contributed by atoms with E-state index in [1.807, 2.05) is 0 Å². The molecule has 0 spiro atoms. The van der Waals surface area contributed by atoms with Gasteiger partial charge in [0.1, 0.15) is 12.2 Å². The van der Waals surface area contributed by atoms with Crippen LogP contribution in [0, 0.1) is 0 Å². The maximum absolute atomic E-state index is 12.5. The quantitative estimate of drug-likeness (QED) is 0.0334. The maximum Gasteiger partial charge on any atom is 2.00 e. The Morgan fingerprint density at radius 3 is 0.582 bits per heavy atom. The molecule has 0 amide bonds. The molecule has 0 aromatic carbocycles. The van der Waals surface area contributed by atoms with Gasteiger partial charge in [0.2, 0.25) is 0 Å². The third-order valence-corrected chi connectivity index (χ3v) is 16.1. The number of hydrogen-bond acceptors (Lipinski definition) is 8. The monoisotopic (exact) mass is 1170 g/mol. The van der Waals surface area contributed by atoms with Crippen molar-refractivity contribution in [1.82, 2.24) is 0 Å². The van der Waals surface area contributed by atoms with Crippen LogP contribution in [-0.4, -0.2) is 36.1 Å². The van der Waals surface area contributed by atoms with Crippen molar-refractivity contribution in [2.75, 3.05) is 0 Å². The van der Waals surface area contributed by atoms with Crippen molar-refractivity contribution in [2.24, 2.45) is 0 Å². The molecule has 0 fully saturated rings. The summed E-state index contributed by atoms with van der Waals surface area (Å²) in [5.41, 5.74) is 0. The number of aliphatic carboxylic acids is 2. The molecule has 79 heavy (non-hydrogen) atoms. The van der Waals surface area contributed by atoms with Crippen LogP contribution in [-0.2, 0) is 48.1 Å². The molecule has 0 aliphatic carbocycles. The van der Waals surface area contributed by atoms with Gasteiger partial charge in [0.25, 0.3) is 0 Å². The predicted molar refractivity (Wildman–Crippen MR) is 329 cm³/mol. The van der Waals surface area contributed by atoms with E-state index in [1.165, 1.54) is 270 Å². The van der Waals surface area contributed by atoms with Crippen LogP contribution in [0.3, 0.4) is 0 Å². The Morgan fingerprint density at radius 1 is 0.241 bits per heavy atom. The largest absolute Gasteiger partial charge is 2.00 e. The van der Waals surface area contributed by atoms with Crippen molar-refractivity contribution in [3.8, 4) is 0 Å². The third-order valence-electron chi connectivity index (χ3n) is 16.1. The molecule has 0 bridgehead atoms. The van der Waals surface area contributed by atoms with Gasteiger partial charge in [-0.1, -0.05) is 310 Å². The summed E-state index contributed by atoms with van der Waals surface area (Å²) >= 11 is 0. The Bertz CT molecular complexity index is 1140. The van der Waals surface area contributed by atoms with Gasteiger partial charge in [-0.2, -0.15) is 0 Å². The van der Waals surface area contributed by atoms with E-state index in [9.17, 15) is 29.4 Å². The fourth-order valence-electron chi connectivity index (χ4n) is 10.9. The van der Waals surface area contributed by atoms with E-state index >= 15 is 0 Å². The number of carboxylic acid groups (broad SMARTS) is 2. The van der Waals surface area contributed by atoms with Crippen LogP contribution in [0.4, 0.5) is 0 Å². The van der Waals surface area contributed by atoms with Gasteiger partial charge in [0.15, 0.2) is 0 Å². The van der Waals surface area contributed by atoms with Gasteiger partial charge in [-0.25, -0.2) is 0 Å². The zero-order valence-corrected chi connectivity index (χ0v) is 56.5. The van der Waals surface area contributed by atoms with Crippen LogP contribution < -0.4 is 10.2 Å². The number of esters is 2. The van der Waals surface area contributed by atoms with Crippen LogP contribution in [0.25, 0.3) is 0 Å². The first-order valence-corrected chi connectivity index (χ1v) is 35.0. The average Bonchev–Trinajstić information content (AvgIpc) is 3.42. The molecule has 464 valence electrons. The smallest absolute Gasteiger partial charge is 0.550 e. The van der Waals surface area contributed by atoms with E-state index in [4.69, 9.17) is 9.47 Å². The zero-order valence-electron chi connectivity index (χ0n) is 53.6. The Hall–Kier alpha value is -1.50. The standard InChI is InChI=1S/2C35H68O4.Zn/c2*1-3-5-7-9-11-13-15-16-17-18-20-22-24-26-32-35(38)39-33(30-27-28-31-34(36)37)29-25-23-21-19-14-12-10-8-6-4-2;/h2*33H,3-32H2,1-2H3,(H,36,37);/q;;+2/p-2. The molecule has 0 saturated heterocycles. The number of carbonyl (C=O) groups excluding carboxylic acids is 4. The summed E-state index contributed by atoms with van der Waals surface area (Å²) in [5.74, 6) is -2.11. The van der Waals surface area contributed by atoms with Crippen molar-refractivity contribution >= 4 is 23.9 Å². The number of unbranched alkanes of at least 4 members (excludes halogenated alkanes) is 46. The zero-order chi connectivity index (χ0) is 57.3. The molecule has 2 atom stereocenters. The fourth-order valence-corrected chi connectivity index (χ4v) is 10.9. The number of carbonyl (C=O) groups is 4. The number of rotatable bonds is 64.